The topological polar surface area (TPSA) is 46.9 Å². The fraction of sp³-hybridized carbons (Fsp3) is 0.231. The second-order valence-electron chi connectivity index (χ2n) is 3.78. The van der Waals surface area contributed by atoms with Crippen LogP contribution in [-0.2, 0) is 17.9 Å². The van der Waals surface area contributed by atoms with Crippen LogP contribution in [0.15, 0.2) is 48.8 Å². The lowest BCUT2D eigenvalue weighted by molar-refractivity contribution is -0.121. The summed E-state index contributed by atoms with van der Waals surface area (Å²) in [6.45, 7) is 1.20. The highest BCUT2D eigenvalue weighted by Gasteiger charge is 2.01. The molecule has 4 heteroatoms. The third-order valence-corrected chi connectivity index (χ3v) is 2.46. The first kappa shape index (κ1) is 11.4. The van der Waals surface area contributed by atoms with Gasteiger partial charge in [0.05, 0.1) is 0 Å². The van der Waals surface area contributed by atoms with Crippen LogP contribution in [0, 0.1) is 0 Å². The van der Waals surface area contributed by atoms with Crippen LogP contribution in [0.4, 0.5) is 0 Å². The molecule has 0 saturated carbocycles. The number of rotatable bonds is 5. The molecule has 0 aliphatic carbocycles. The summed E-state index contributed by atoms with van der Waals surface area (Å²) in [5, 5.41) is 6.92. The first-order valence-corrected chi connectivity index (χ1v) is 5.62. The number of hydrogen-bond donors (Lipinski definition) is 1. The highest BCUT2D eigenvalue weighted by Crippen LogP contribution is 1.97. The number of nitrogens with one attached hydrogen (secondary N) is 1. The zero-order chi connectivity index (χ0) is 11.9. The van der Waals surface area contributed by atoms with Gasteiger partial charge in [-0.2, -0.15) is 5.10 Å². The lowest BCUT2D eigenvalue weighted by atomic mass is 10.2. The molecule has 0 aliphatic rings. The van der Waals surface area contributed by atoms with Crippen LogP contribution >= 0.6 is 0 Å². The van der Waals surface area contributed by atoms with E-state index < -0.39 is 0 Å². The monoisotopic (exact) mass is 229 g/mol. The fourth-order valence-corrected chi connectivity index (χ4v) is 1.53. The maximum Gasteiger partial charge on any atom is 0.222 e. The van der Waals surface area contributed by atoms with Crippen LogP contribution < -0.4 is 5.32 Å². The fourth-order valence-electron chi connectivity index (χ4n) is 1.53. The maximum absolute atomic E-state index is 11.6. The lowest BCUT2D eigenvalue weighted by Gasteiger charge is -2.05. The molecule has 0 aliphatic heterocycles. The molecule has 0 atom stereocenters. The van der Waals surface area contributed by atoms with E-state index in [0.717, 1.165) is 5.56 Å². The molecule has 1 amide bonds. The van der Waals surface area contributed by atoms with Gasteiger partial charge in [-0.3, -0.25) is 9.48 Å². The number of aromatic nitrogens is 2. The van der Waals surface area contributed by atoms with E-state index in [1.54, 1.807) is 10.9 Å². The quantitative estimate of drug-likeness (QED) is 0.846. The molecule has 4 nitrogen and oxygen atoms in total. The Morgan fingerprint density at radius 3 is 2.76 bits per heavy atom. The van der Waals surface area contributed by atoms with E-state index in [1.165, 1.54) is 0 Å². The predicted molar refractivity (Wildman–Crippen MR) is 65.1 cm³/mol. The van der Waals surface area contributed by atoms with Gasteiger partial charge in [0.1, 0.15) is 0 Å². The van der Waals surface area contributed by atoms with Gasteiger partial charge in [-0.15, -0.1) is 0 Å². The average Bonchev–Trinajstić information content (AvgIpc) is 2.88. The molecular weight excluding hydrogens is 214 g/mol. The first-order valence-electron chi connectivity index (χ1n) is 5.62. The Bertz CT molecular complexity index is 451. The molecule has 2 rings (SSSR count). The van der Waals surface area contributed by atoms with E-state index in [1.807, 2.05) is 42.6 Å². The molecule has 1 aromatic heterocycles. The van der Waals surface area contributed by atoms with Gasteiger partial charge in [0, 0.05) is 31.9 Å². The van der Waals surface area contributed by atoms with Crippen LogP contribution in [0.3, 0.4) is 0 Å². The molecule has 0 unspecified atom stereocenters. The van der Waals surface area contributed by atoms with E-state index in [9.17, 15) is 4.79 Å². The number of hydrogen-bond acceptors (Lipinski definition) is 2. The smallest absolute Gasteiger partial charge is 0.222 e. The number of carbonyl (C=O) groups excluding carboxylic acids is 1. The van der Waals surface area contributed by atoms with Crippen molar-refractivity contribution in [3.05, 3.63) is 54.4 Å². The van der Waals surface area contributed by atoms with Crippen LogP contribution in [-0.4, -0.2) is 15.7 Å². The standard InChI is InChI=1S/C13H15N3O/c17-13(7-10-16-9-4-8-15-16)14-11-12-5-2-1-3-6-12/h1-6,8-9H,7,10-11H2,(H,14,17). The lowest BCUT2D eigenvalue weighted by Crippen LogP contribution is -2.23. The van der Waals surface area contributed by atoms with Crippen LogP contribution in [0.1, 0.15) is 12.0 Å². The second-order valence-corrected chi connectivity index (χ2v) is 3.78. The first-order chi connectivity index (χ1) is 8.34. The molecule has 88 valence electrons. The van der Waals surface area contributed by atoms with E-state index in [4.69, 9.17) is 0 Å². The molecule has 0 fully saturated rings. The number of amides is 1. The molecule has 0 spiro atoms. The Morgan fingerprint density at radius 1 is 1.24 bits per heavy atom. The zero-order valence-corrected chi connectivity index (χ0v) is 9.54. The summed E-state index contributed by atoms with van der Waals surface area (Å²) in [6, 6.07) is 11.7. The molecule has 0 saturated heterocycles. The van der Waals surface area contributed by atoms with Crippen molar-refractivity contribution in [3.63, 3.8) is 0 Å². The Morgan fingerprint density at radius 2 is 2.06 bits per heavy atom. The zero-order valence-electron chi connectivity index (χ0n) is 9.54. The highest BCUT2D eigenvalue weighted by atomic mass is 16.1. The van der Waals surface area contributed by atoms with Crippen molar-refractivity contribution in [3.8, 4) is 0 Å². The minimum absolute atomic E-state index is 0.0457. The van der Waals surface area contributed by atoms with E-state index in [2.05, 4.69) is 10.4 Å². The van der Waals surface area contributed by atoms with Crippen molar-refractivity contribution in [2.24, 2.45) is 0 Å². The molecule has 0 bridgehead atoms. The van der Waals surface area contributed by atoms with Gasteiger partial charge in [-0.1, -0.05) is 30.3 Å². The number of carbonyl (C=O) groups is 1. The molecular formula is C13H15N3O. The SMILES string of the molecule is O=C(CCn1cccn1)NCc1ccccc1. The summed E-state index contributed by atoms with van der Waals surface area (Å²) in [7, 11) is 0. The Labute approximate surface area is 100 Å². The molecule has 1 aromatic carbocycles. The van der Waals surface area contributed by atoms with Crippen molar-refractivity contribution in [1.82, 2.24) is 15.1 Å². The number of aryl methyl sites for hydroxylation is 1. The second kappa shape index (κ2) is 5.84. The number of nitrogens with zero attached hydrogens (tertiary/aromatic N) is 2. The largest absolute Gasteiger partial charge is 0.352 e. The summed E-state index contributed by atoms with van der Waals surface area (Å²) < 4.78 is 1.75. The summed E-state index contributed by atoms with van der Waals surface area (Å²) in [6.07, 6.45) is 4.01. The Balaban J connectivity index is 1.71. The van der Waals surface area contributed by atoms with Gasteiger partial charge in [-0.05, 0) is 11.6 Å². The Kier molecular flexibility index (Phi) is 3.91. The molecule has 0 radical (unpaired) electrons. The van der Waals surface area contributed by atoms with E-state index in [0.29, 0.717) is 19.5 Å². The predicted octanol–water partition coefficient (Wildman–Crippen LogP) is 1.59. The Hall–Kier alpha value is -2.10. The van der Waals surface area contributed by atoms with Crippen molar-refractivity contribution in [2.45, 2.75) is 19.5 Å². The highest BCUT2D eigenvalue weighted by molar-refractivity contribution is 5.75. The molecule has 2 aromatic rings. The molecule has 1 N–H and O–H groups in total. The van der Waals surface area contributed by atoms with Crippen molar-refractivity contribution in [2.75, 3.05) is 0 Å². The number of benzene rings is 1. The van der Waals surface area contributed by atoms with Gasteiger partial charge in [-0.25, -0.2) is 0 Å². The minimum atomic E-state index is 0.0457. The van der Waals surface area contributed by atoms with Gasteiger partial charge in [0.15, 0.2) is 0 Å². The minimum Gasteiger partial charge on any atom is -0.352 e. The van der Waals surface area contributed by atoms with Crippen molar-refractivity contribution >= 4 is 5.91 Å². The summed E-state index contributed by atoms with van der Waals surface area (Å²) in [4.78, 5) is 11.6. The third-order valence-electron chi connectivity index (χ3n) is 2.46. The summed E-state index contributed by atoms with van der Waals surface area (Å²) in [5.41, 5.74) is 1.11. The van der Waals surface area contributed by atoms with Crippen LogP contribution in [0.5, 0.6) is 0 Å². The van der Waals surface area contributed by atoms with Crippen molar-refractivity contribution in [1.29, 1.82) is 0 Å². The summed E-state index contributed by atoms with van der Waals surface area (Å²) >= 11 is 0. The normalized spacial score (nSPS) is 10.1. The molecule has 17 heavy (non-hydrogen) atoms. The van der Waals surface area contributed by atoms with E-state index >= 15 is 0 Å². The van der Waals surface area contributed by atoms with Crippen LogP contribution in [0.2, 0.25) is 0 Å². The van der Waals surface area contributed by atoms with E-state index in [-0.39, 0.29) is 5.91 Å². The third kappa shape index (κ3) is 3.75. The molecule has 1 heterocycles. The van der Waals surface area contributed by atoms with Gasteiger partial charge in [0.2, 0.25) is 5.91 Å². The average molecular weight is 229 g/mol. The van der Waals surface area contributed by atoms with Crippen LogP contribution in [0.25, 0.3) is 0 Å². The van der Waals surface area contributed by atoms with Gasteiger partial charge in [0.25, 0.3) is 0 Å². The van der Waals surface area contributed by atoms with Crippen molar-refractivity contribution < 1.29 is 4.79 Å². The maximum atomic E-state index is 11.6. The van der Waals surface area contributed by atoms with Gasteiger partial charge >= 0.3 is 0 Å². The van der Waals surface area contributed by atoms with Gasteiger partial charge < -0.3 is 5.32 Å². The summed E-state index contributed by atoms with van der Waals surface area (Å²) in [5.74, 6) is 0.0457.